The molecule has 0 bridgehead atoms. The number of benzene rings is 2. The summed E-state index contributed by atoms with van der Waals surface area (Å²) in [7, 11) is 0. The van der Waals surface area contributed by atoms with E-state index in [4.69, 9.17) is 11.6 Å². The van der Waals surface area contributed by atoms with Gasteiger partial charge in [-0.15, -0.1) is 0 Å². The van der Waals surface area contributed by atoms with Gasteiger partial charge in [-0.2, -0.15) is 0 Å². The van der Waals surface area contributed by atoms with E-state index in [1.54, 1.807) is 6.08 Å². The van der Waals surface area contributed by atoms with Crippen molar-refractivity contribution >= 4 is 40.6 Å². The standard InChI is InChI=1S/C16H10ClNO2S/c17-13-7-2-1-6-12(13)11-5-3-4-10(8-11)9-14-15(19)18-16(20)21-14/h1-9H,(H,18,19,20)/b14-9+. The van der Waals surface area contributed by atoms with Crippen LogP contribution in [-0.2, 0) is 4.79 Å². The Bertz CT molecular complexity index is 770. The molecule has 1 aliphatic heterocycles. The van der Waals surface area contributed by atoms with E-state index in [0.717, 1.165) is 28.5 Å². The molecule has 0 unspecified atom stereocenters. The summed E-state index contributed by atoms with van der Waals surface area (Å²) in [6.07, 6.45) is 1.70. The van der Waals surface area contributed by atoms with E-state index in [1.165, 1.54) is 0 Å². The van der Waals surface area contributed by atoms with Crippen LogP contribution in [0.1, 0.15) is 5.56 Å². The maximum atomic E-state index is 11.6. The first-order valence-electron chi connectivity index (χ1n) is 6.23. The quantitative estimate of drug-likeness (QED) is 0.839. The van der Waals surface area contributed by atoms with E-state index < -0.39 is 0 Å². The molecule has 3 nitrogen and oxygen atoms in total. The lowest BCUT2D eigenvalue weighted by atomic mass is 10.0. The van der Waals surface area contributed by atoms with Crippen molar-refractivity contribution in [1.29, 1.82) is 0 Å². The molecule has 5 heteroatoms. The Kier molecular flexibility index (Phi) is 3.82. The van der Waals surface area contributed by atoms with E-state index >= 15 is 0 Å². The molecule has 2 aromatic carbocycles. The second-order valence-electron chi connectivity index (χ2n) is 4.46. The van der Waals surface area contributed by atoms with E-state index in [-0.39, 0.29) is 11.1 Å². The molecule has 0 atom stereocenters. The van der Waals surface area contributed by atoms with Crippen LogP contribution >= 0.6 is 23.4 Å². The molecule has 1 N–H and O–H groups in total. The van der Waals surface area contributed by atoms with Crippen LogP contribution in [0.25, 0.3) is 17.2 Å². The molecule has 1 fully saturated rings. The smallest absolute Gasteiger partial charge is 0.282 e. The third-order valence-electron chi connectivity index (χ3n) is 3.01. The lowest BCUT2D eigenvalue weighted by molar-refractivity contribution is -0.115. The number of hydrogen-bond donors (Lipinski definition) is 1. The Morgan fingerprint density at radius 1 is 1.05 bits per heavy atom. The zero-order chi connectivity index (χ0) is 14.8. The number of imide groups is 1. The fraction of sp³-hybridized carbons (Fsp3) is 0. The molecule has 1 saturated heterocycles. The zero-order valence-electron chi connectivity index (χ0n) is 10.8. The van der Waals surface area contributed by atoms with Crippen molar-refractivity contribution in [1.82, 2.24) is 5.32 Å². The topological polar surface area (TPSA) is 46.2 Å². The van der Waals surface area contributed by atoms with Crippen LogP contribution in [0.15, 0.2) is 53.4 Å². The molecule has 0 spiro atoms. The third kappa shape index (κ3) is 3.01. The first-order chi connectivity index (χ1) is 10.1. The summed E-state index contributed by atoms with van der Waals surface area (Å²) in [6.45, 7) is 0. The Morgan fingerprint density at radius 3 is 2.57 bits per heavy atom. The maximum absolute atomic E-state index is 11.6. The third-order valence-corrected chi connectivity index (χ3v) is 4.15. The molecule has 2 aromatic rings. The molecular formula is C16H10ClNO2S. The van der Waals surface area contributed by atoms with Crippen LogP contribution in [-0.4, -0.2) is 11.1 Å². The second kappa shape index (κ2) is 5.76. The summed E-state index contributed by atoms with van der Waals surface area (Å²) in [5, 5.41) is 2.57. The molecular weight excluding hydrogens is 306 g/mol. The van der Waals surface area contributed by atoms with Crippen molar-refractivity contribution in [2.45, 2.75) is 0 Å². The van der Waals surface area contributed by atoms with Crippen molar-refractivity contribution in [2.75, 3.05) is 0 Å². The predicted octanol–water partition coefficient (Wildman–Crippen LogP) is 4.33. The normalized spacial score (nSPS) is 16.3. The van der Waals surface area contributed by atoms with E-state index in [9.17, 15) is 9.59 Å². The average molecular weight is 316 g/mol. The highest BCUT2D eigenvalue weighted by Crippen LogP contribution is 2.30. The Balaban J connectivity index is 1.98. The summed E-state index contributed by atoms with van der Waals surface area (Å²) in [6, 6.07) is 15.2. The number of thioether (sulfide) groups is 1. The molecule has 0 saturated carbocycles. The Morgan fingerprint density at radius 2 is 1.86 bits per heavy atom. The molecule has 0 aliphatic carbocycles. The molecule has 21 heavy (non-hydrogen) atoms. The molecule has 0 radical (unpaired) electrons. The molecule has 2 amide bonds. The molecule has 104 valence electrons. The zero-order valence-corrected chi connectivity index (χ0v) is 12.4. The first kappa shape index (κ1) is 13.9. The van der Waals surface area contributed by atoms with E-state index in [0.29, 0.717) is 9.93 Å². The molecule has 3 rings (SSSR count). The van der Waals surface area contributed by atoms with Crippen molar-refractivity contribution < 1.29 is 9.59 Å². The van der Waals surface area contributed by atoms with Gasteiger partial charge in [-0.1, -0.05) is 48.0 Å². The van der Waals surface area contributed by atoms with Crippen molar-refractivity contribution in [3.63, 3.8) is 0 Å². The van der Waals surface area contributed by atoms with Gasteiger partial charge in [0.2, 0.25) is 0 Å². The van der Waals surface area contributed by atoms with Crippen LogP contribution < -0.4 is 5.32 Å². The Hall–Kier alpha value is -2.04. The van der Waals surface area contributed by atoms with Gasteiger partial charge in [0.25, 0.3) is 11.1 Å². The number of hydrogen-bond acceptors (Lipinski definition) is 3. The SMILES string of the molecule is O=C1NC(=O)/C(=C\c2cccc(-c3ccccc3Cl)c2)S1. The highest BCUT2D eigenvalue weighted by atomic mass is 35.5. The fourth-order valence-corrected chi connectivity index (χ4v) is 2.99. The van der Waals surface area contributed by atoms with Gasteiger partial charge in [0.05, 0.1) is 4.91 Å². The van der Waals surface area contributed by atoms with Gasteiger partial charge in [-0.3, -0.25) is 14.9 Å². The van der Waals surface area contributed by atoms with Gasteiger partial charge in [0.15, 0.2) is 0 Å². The van der Waals surface area contributed by atoms with Gasteiger partial charge < -0.3 is 0 Å². The van der Waals surface area contributed by atoms with Crippen molar-refractivity contribution in [2.24, 2.45) is 0 Å². The van der Waals surface area contributed by atoms with Crippen LogP contribution in [0, 0.1) is 0 Å². The van der Waals surface area contributed by atoms with Crippen LogP contribution in [0.5, 0.6) is 0 Å². The van der Waals surface area contributed by atoms with Gasteiger partial charge in [0.1, 0.15) is 0 Å². The predicted molar refractivity (Wildman–Crippen MR) is 86.0 cm³/mol. The van der Waals surface area contributed by atoms with Crippen LogP contribution in [0.2, 0.25) is 5.02 Å². The number of nitrogens with one attached hydrogen (secondary N) is 1. The first-order valence-corrected chi connectivity index (χ1v) is 7.43. The fourth-order valence-electron chi connectivity index (χ4n) is 2.06. The van der Waals surface area contributed by atoms with Gasteiger partial charge in [-0.25, -0.2) is 0 Å². The summed E-state index contributed by atoms with van der Waals surface area (Å²) >= 11 is 7.10. The number of carbonyl (C=O) groups is 2. The molecule has 1 heterocycles. The second-order valence-corrected chi connectivity index (χ2v) is 5.88. The highest BCUT2D eigenvalue weighted by molar-refractivity contribution is 8.18. The number of amides is 2. The number of halogens is 1. The number of carbonyl (C=O) groups excluding carboxylic acids is 2. The average Bonchev–Trinajstić information content (AvgIpc) is 2.78. The summed E-state index contributed by atoms with van der Waals surface area (Å²) in [5.74, 6) is -0.354. The van der Waals surface area contributed by atoms with Gasteiger partial charge in [0, 0.05) is 10.6 Å². The van der Waals surface area contributed by atoms with Gasteiger partial charge >= 0.3 is 0 Å². The highest BCUT2D eigenvalue weighted by Gasteiger charge is 2.24. The molecule has 0 aromatic heterocycles. The van der Waals surface area contributed by atoms with Gasteiger partial charge in [-0.05, 0) is 41.1 Å². The van der Waals surface area contributed by atoms with Crippen LogP contribution in [0.4, 0.5) is 4.79 Å². The minimum absolute atomic E-state index is 0.339. The Labute approximate surface area is 131 Å². The lowest BCUT2D eigenvalue weighted by Crippen LogP contribution is -2.17. The monoisotopic (exact) mass is 315 g/mol. The summed E-state index contributed by atoms with van der Waals surface area (Å²) < 4.78 is 0. The lowest BCUT2D eigenvalue weighted by Gasteiger charge is -2.05. The van der Waals surface area contributed by atoms with Crippen LogP contribution in [0.3, 0.4) is 0 Å². The molecule has 1 aliphatic rings. The largest absolute Gasteiger partial charge is 0.290 e. The minimum atomic E-state index is -0.354. The summed E-state index contributed by atoms with van der Waals surface area (Å²) in [5.41, 5.74) is 2.74. The van der Waals surface area contributed by atoms with E-state index in [1.807, 2.05) is 48.5 Å². The van der Waals surface area contributed by atoms with E-state index in [2.05, 4.69) is 5.32 Å². The van der Waals surface area contributed by atoms with Crippen molar-refractivity contribution in [3.05, 3.63) is 64.0 Å². The maximum Gasteiger partial charge on any atom is 0.290 e. The minimum Gasteiger partial charge on any atom is -0.282 e. The summed E-state index contributed by atoms with van der Waals surface area (Å²) in [4.78, 5) is 23.1. The number of rotatable bonds is 2. The van der Waals surface area contributed by atoms with Crippen molar-refractivity contribution in [3.8, 4) is 11.1 Å².